The number of nitrogens with one attached hydrogen (secondary N) is 1. The Kier molecular flexibility index (Phi) is 4.01. The summed E-state index contributed by atoms with van der Waals surface area (Å²) < 4.78 is 16.2. The molecule has 0 radical (unpaired) electrons. The largest absolute Gasteiger partial charge is 0.465 e. The molecule has 1 saturated heterocycles. The molecule has 0 saturated carbocycles. The topological polar surface area (TPSA) is 81.6 Å². The molecule has 2 aromatic rings. The van der Waals surface area contributed by atoms with Crippen molar-refractivity contribution in [3.05, 3.63) is 28.4 Å². The third kappa shape index (κ3) is 2.85. The van der Waals surface area contributed by atoms with Gasteiger partial charge in [0.05, 0.1) is 22.8 Å². The second kappa shape index (κ2) is 5.79. The average molecular weight is 350 g/mol. The van der Waals surface area contributed by atoms with Crippen LogP contribution in [0.15, 0.2) is 16.9 Å². The summed E-state index contributed by atoms with van der Waals surface area (Å²) in [6.45, 7) is 6.95. The molecule has 136 valence electrons. The molecule has 1 fully saturated rings. The lowest BCUT2D eigenvalue weighted by Gasteiger charge is -2.47. The first kappa shape index (κ1) is 17.3. The van der Waals surface area contributed by atoms with Gasteiger partial charge in [-0.15, -0.1) is 0 Å². The zero-order valence-corrected chi connectivity index (χ0v) is 14.8. The van der Waals surface area contributed by atoms with Crippen LogP contribution in [0.4, 0.5) is 14.9 Å². The van der Waals surface area contributed by atoms with Crippen molar-refractivity contribution in [1.82, 2.24) is 14.5 Å². The number of H-pyrrole nitrogens is 1. The Morgan fingerprint density at radius 1 is 1.32 bits per heavy atom. The fourth-order valence-corrected chi connectivity index (χ4v) is 3.53. The molecule has 0 bridgehead atoms. The smallest absolute Gasteiger partial charge is 0.407 e. The number of imidazole rings is 1. The summed E-state index contributed by atoms with van der Waals surface area (Å²) in [4.78, 5) is 29.4. The van der Waals surface area contributed by atoms with E-state index >= 15 is 0 Å². The van der Waals surface area contributed by atoms with Crippen molar-refractivity contribution in [2.24, 2.45) is 12.5 Å². The molecule has 1 aliphatic rings. The number of aromatic amines is 1. The molecule has 0 spiro atoms. The fourth-order valence-electron chi connectivity index (χ4n) is 3.53. The molecular formula is C17H23FN4O3. The second-order valence-electron chi connectivity index (χ2n) is 7.59. The molecule has 1 amide bonds. The highest BCUT2D eigenvalue weighted by Gasteiger charge is 2.39. The Hall–Kier alpha value is -2.51. The van der Waals surface area contributed by atoms with Gasteiger partial charge in [0.15, 0.2) is 0 Å². The molecule has 1 aromatic heterocycles. The minimum absolute atomic E-state index is 0.220. The second-order valence-corrected chi connectivity index (χ2v) is 7.59. The van der Waals surface area contributed by atoms with Gasteiger partial charge in [0.2, 0.25) is 0 Å². The summed E-state index contributed by atoms with van der Waals surface area (Å²) in [5.74, 6) is -0.417. The monoisotopic (exact) mass is 350 g/mol. The Morgan fingerprint density at radius 2 is 2.00 bits per heavy atom. The number of carbonyl (C=O) groups is 1. The van der Waals surface area contributed by atoms with Crippen LogP contribution in [-0.2, 0) is 7.05 Å². The van der Waals surface area contributed by atoms with E-state index in [1.54, 1.807) is 13.1 Å². The number of nitrogens with zero attached hydrogens (tertiary/aromatic N) is 3. The molecular weight excluding hydrogens is 327 g/mol. The summed E-state index contributed by atoms with van der Waals surface area (Å²) in [5.41, 5.74) is 0.833. The quantitative estimate of drug-likeness (QED) is 0.826. The number of fused-ring (bicyclic) bond motifs is 1. The Morgan fingerprint density at radius 3 is 2.60 bits per heavy atom. The number of halogens is 1. The molecule has 8 heteroatoms. The number of aryl methyl sites for hydroxylation is 1. The fraction of sp³-hybridized carbons (Fsp3) is 0.529. The van der Waals surface area contributed by atoms with Gasteiger partial charge in [-0.3, -0.25) is 4.57 Å². The maximum atomic E-state index is 14.8. The molecule has 7 nitrogen and oxygen atoms in total. The van der Waals surface area contributed by atoms with Gasteiger partial charge in [-0.05, 0) is 17.5 Å². The molecule has 0 aliphatic carbocycles. The highest BCUT2D eigenvalue weighted by atomic mass is 19.1. The molecule has 2 N–H and O–H groups in total. The van der Waals surface area contributed by atoms with E-state index in [0.717, 1.165) is 0 Å². The number of aromatic nitrogens is 2. The first-order chi connectivity index (χ1) is 11.6. The molecule has 3 rings (SSSR count). The predicted molar refractivity (Wildman–Crippen MR) is 93.7 cm³/mol. The number of anilines is 1. The minimum atomic E-state index is -0.971. The van der Waals surface area contributed by atoms with Crippen LogP contribution < -0.4 is 10.6 Å². The number of amides is 1. The summed E-state index contributed by atoms with van der Waals surface area (Å²) >= 11 is 0. The first-order valence-electron chi connectivity index (χ1n) is 8.23. The van der Waals surface area contributed by atoms with Crippen LogP contribution in [0.1, 0.15) is 20.8 Å². The predicted octanol–water partition coefficient (Wildman–Crippen LogP) is 2.22. The molecule has 25 heavy (non-hydrogen) atoms. The summed E-state index contributed by atoms with van der Waals surface area (Å²) in [5, 5.41) is 9.34. The number of piperazine rings is 1. The maximum absolute atomic E-state index is 14.8. The molecule has 1 atom stereocenters. The maximum Gasteiger partial charge on any atom is 0.407 e. The number of carboxylic acid groups (broad SMARTS) is 1. The highest BCUT2D eigenvalue weighted by molar-refractivity contribution is 5.90. The lowest BCUT2D eigenvalue weighted by molar-refractivity contribution is 0.118. The zero-order valence-electron chi connectivity index (χ0n) is 14.8. The van der Waals surface area contributed by atoms with Crippen molar-refractivity contribution in [1.29, 1.82) is 0 Å². The van der Waals surface area contributed by atoms with Crippen LogP contribution in [0.2, 0.25) is 0 Å². The van der Waals surface area contributed by atoms with Crippen molar-refractivity contribution < 1.29 is 14.3 Å². The zero-order chi connectivity index (χ0) is 18.5. The van der Waals surface area contributed by atoms with Crippen LogP contribution in [0.3, 0.4) is 0 Å². The van der Waals surface area contributed by atoms with Crippen molar-refractivity contribution in [2.75, 3.05) is 24.5 Å². The van der Waals surface area contributed by atoms with Gasteiger partial charge in [0.25, 0.3) is 0 Å². The standard InChI is InChI=1S/C17H23FN4O3/c1-17(2,3)12-9-21(16(24)25)7-8-22(12)13-10(18)5-6-11-14(13)20(4)15(23)19-11/h5-6,12H,7-9H2,1-4H3,(H,19,23)(H,24,25). The molecule has 1 unspecified atom stereocenters. The van der Waals surface area contributed by atoms with Gasteiger partial charge in [0.1, 0.15) is 5.82 Å². The van der Waals surface area contributed by atoms with Gasteiger partial charge in [-0.25, -0.2) is 14.0 Å². The Balaban J connectivity index is 2.17. The first-order valence-corrected chi connectivity index (χ1v) is 8.23. The van der Waals surface area contributed by atoms with Gasteiger partial charge >= 0.3 is 11.8 Å². The third-order valence-corrected chi connectivity index (χ3v) is 4.92. The minimum Gasteiger partial charge on any atom is -0.465 e. The number of rotatable bonds is 1. The number of benzene rings is 1. The Labute approximate surface area is 144 Å². The van der Waals surface area contributed by atoms with Crippen molar-refractivity contribution in [3.8, 4) is 0 Å². The molecule has 1 aromatic carbocycles. The Bertz CT molecular complexity index is 880. The average Bonchev–Trinajstić information content (AvgIpc) is 2.81. The van der Waals surface area contributed by atoms with E-state index in [2.05, 4.69) is 4.98 Å². The lowest BCUT2D eigenvalue weighted by atomic mass is 9.83. The van der Waals surface area contributed by atoms with E-state index in [-0.39, 0.29) is 30.2 Å². The third-order valence-electron chi connectivity index (χ3n) is 4.92. The molecule has 1 aliphatic heterocycles. The van der Waals surface area contributed by atoms with Gasteiger partial charge in [-0.1, -0.05) is 20.8 Å². The summed E-state index contributed by atoms with van der Waals surface area (Å²) in [7, 11) is 1.60. The molecule has 2 heterocycles. The highest BCUT2D eigenvalue weighted by Crippen LogP contribution is 2.36. The lowest BCUT2D eigenvalue weighted by Crippen LogP contribution is -2.59. The van der Waals surface area contributed by atoms with Crippen LogP contribution in [-0.4, -0.2) is 51.3 Å². The van der Waals surface area contributed by atoms with E-state index in [1.807, 2.05) is 25.7 Å². The van der Waals surface area contributed by atoms with E-state index in [9.17, 15) is 19.1 Å². The van der Waals surface area contributed by atoms with Crippen molar-refractivity contribution >= 4 is 22.8 Å². The van der Waals surface area contributed by atoms with Crippen molar-refractivity contribution in [2.45, 2.75) is 26.8 Å². The van der Waals surface area contributed by atoms with E-state index in [1.165, 1.54) is 15.5 Å². The van der Waals surface area contributed by atoms with E-state index in [4.69, 9.17) is 0 Å². The van der Waals surface area contributed by atoms with Crippen molar-refractivity contribution in [3.63, 3.8) is 0 Å². The van der Waals surface area contributed by atoms with E-state index in [0.29, 0.717) is 23.3 Å². The van der Waals surface area contributed by atoms with Gasteiger partial charge in [-0.2, -0.15) is 0 Å². The summed E-state index contributed by atoms with van der Waals surface area (Å²) in [6, 6.07) is 2.67. The normalized spacial score (nSPS) is 18.8. The summed E-state index contributed by atoms with van der Waals surface area (Å²) in [6.07, 6.45) is -0.971. The van der Waals surface area contributed by atoms with Crippen LogP contribution in [0, 0.1) is 11.2 Å². The van der Waals surface area contributed by atoms with Gasteiger partial charge in [0, 0.05) is 26.7 Å². The van der Waals surface area contributed by atoms with E-state index < -0.39 is 11.9 Å². The van der Waals surface area contributed by atoms with Crippen LogP contribution >= 0.6 is 0 Å². The van der Waals surface area contributed by atoms with Gasteiger partial charge < -0.3 is 19.9 Å². The number of hydrogen-bond acceptors (Lipinski definition) is 3. The SMILES string of the molecule is Cn1c(=O)[nH]c2ccc(F)c(N3CCN(C(=O)O)CC3C(C)(C)C)c21. The van der Waals surface area contributed by atoms with Crippen LogP contribution in [0.25, 0.3) is 11.0 Å². The number of hydrogen-bond donors (Lipinski definition) is 2. The van der Waals surface area contributed by atoms with Crippen LogP contribution in [0.5, 0.6) is 0 Å².